The van der Waals surface area contributed by atoms with Crippen molar-refractivity contribution in [1.29, 1.82) is 0 Å². The van der Waals surface area contributed by atoms with Crippen LogP contribution < -0.4 is 10.8 Å². The largest absolute Gasteiger partial charge is 0.465 e. The van der Waals surface area contributed by atoms with E-state index in [0.717, 1.165) is 12.8 Å². The van der Waals surface area contributed by atoms with Crippen LogP contribution in [0, 0.1) is 0 Å². The van der Waals surface area contributed by atoms with Gasteiger partial charge in [0.1, 0.15) is 19.2 Å². The second-order valence-electron chi connectivity index (χ2n) is 4.64. The van der Waals surface area contributed by atoms with E-state index in [4.69, 9.17) is 12.6 Å². The summed E-state index contributed by atoms with van der Waals surface area (Å²) in [4.78, 5) is 15.9. The zero-order valence-electron chi connectivity index (χ0n) is 10.6. The lowest BCUT2D eigenvalue weighted by atomic mass is 9.94. The number of esters is 1. The standard InChI is InChI=1S/C13H17BN2O2/c1-18-13(17)11-7-9(14)8-15-12(11)16-10-5-3-2-4-6-10/h7-8,10H,2-6H2,1H3,(H,15,16). The van der Waals surface area contributed by atoms with Crippen molar-refractivity contribution in [2.75, 3.05) is 12.4 Å². The van der Waals surface area contributed by atoms with Gasteiger partial charge >= 0.3 is 5.97 Å². The van der Waals surface area contributed by atoms with Gasteiger partial charge in [-0.2, -0.15) is 0 Å². The van der Waals surface area contributed by atoms with Gasteiger partial charge in [0.15, 0.2) is 0 Å². The number of methoxy groups -OCH3 is 1. The molecule has 1 saturated carbocycles. The summed E-state index contributed by atoms with van der Waals surface area (Å²) in [6.45, 7) is 0. The van der Waals surface area contributed by atoms with Crippen LogP contribution in [0.15, 0.2) is 12.3 Å². The van der Waals surface area contributed by atoms with Crippen molar-refractivity contribution in [2.24, 2.45) is 0 Å². The van der Waals surface area contributed by atoms with Crippen LogP contribution in [0.25, 0.3) is 0 Å². The van der Waals surface area contributed by atoms with E-state index in [1.807, 2.05) is 0 Å². The average Bonchev–Trinajstić information content (AvgIpc) is 2.41. The number of pyridine rings is 1. The van der Waals surface area contributed by atoms with Gasteiger partial charge in [0.2, 0.25) is 0 Å². The van der Waals surface area contributed by atoms with Crippen LogP contribution in [0.3, 0.4) is 0 Å². The van der Waals surface area contributed by atoms with Crippen LogP contribution in [0.1, 0.15) is 42.5 Å². The molecule has 0 aromatic carbocycles. The minimum absolute atomic E-state index is 0.387. The highest BCUT2D eigenvalue weighted by Gasteiger charge is 2.18. The van der Waals surface area contributed by atoms with Crippen LogP contribution in [0.4, 0.5) is 5.82 Å². The molecule has 0 atom stereocenters. The Balaban J connectivity index is 2.17. The highest BCUT2D eigenvalue weighted by Crippen LogP contribution is 2.22. The molecule has 1 aromatic rings. The maximum absolute atomic E-state index is 11.7. The van der Waals surface area contributed by atoms with E-state index in [1.54, 1.807) is 12.3 Å². The predicted molar refractivity (Wildman–Crippen MR) is 71.5 cm³/mol. The van der Waals surface area contributed by atoms with Gasteiger partial charge < -0.3 is 10.1 Å². The Morgan fingerprint density at radius 2 is 2.17 bits per heavy atom. The van der Waals surface area contributed by atoms with Crippen LogP contribution in [-0.4, -0.2) is 32.0 Å². The SMILES string of the molecule is [B]c1cnc(NC2CCCCC2)c(C(=O)OC)c1. The third kappa shape index (κ3) is 3.03. The average molecular weight is 244 g/mol. The first-order valence-corrected chi connectivity index (χ1v) is 6.31. The molecule has 1 aliphatic carbocycles. The van der Waals surface area contributed by atoms with Crippen LogP contribution in [-0.2, 0) is 4.74 Å². The van der Waals surface area contributed by atoms with Crippen LogP contribution in [0.5, 0.6) is 0 Å². The normalized spacial score (nSPS) is 16.3. The first kappa shape index (κ1) is 12.9. The Bertz CT molecular complexity index is 431. The lowest BCUT2D eigenvalue weighted by molar-refractivity contribution is 0.0601. The summed E-state index contributed by atoms with van der Waals surface area (Å²) in [7, 11) is 7.01. The molecule has 0 aliphatic heterocycles. The van der Waals surface area contributed by atoms with Crippen molar-refractivity contribution in [3.63, 3.8) is 0 Å². The van der Waals surface area contributed by atoms with Crippen LogP contribution in [0.2, 0.25) is 0 Å². The van der Waals surface area contributed by atoms with Gasteiger partial charge in [-0.05, 0) is 18.9 Å². The van der Waals surface area contributed by atoms with Gasteiger partial charge in [0.25, 0.3) is 0 Å². The van der Waals surface area contributed by atoms with Gasteiger partial charge in [0.05, 0.1) is 7.11 Å². The maximum atomic E-state index is 11.7. The Morgan fingerprint density at radius 3 is 2.83 bits per heavy atom. The molecule has 0 amide bonds. The zero-order chi connectivity index (χ0) is 13.0. The number of hydrogen-bond acceptors (Lipinski definition) is 4. The number of hydrogen-bond donors (Lipinski definition) is 1. The van der Waals surface area contributed by atoms with Crippen molar-refractivity contribution in [3.8, 4) is 0 Å². The molecule has 0 saturated heterocycles. The number of aromatic nitrogens is 1. The molecular formula is C13H17BN2O2. The summed E-state index contributed by atoms with van der Waals surface area (Å²) in [6, 6.07) is 1.99. The number of nitrogens with one attached hydrogen (secondary N) is 1. The van der Waals surface area contributed by atoms with Gasteiger partial charge in [-0.15, -0.1) is 0 Å². The molecule has 1 heterocycles. The monoisotopic (exact) mass is 244 g/mol. The molecule has 1 aromatic heterocycles. The quantitative estimate of drug-likeness (QED) is 0.645. The molecule has 1 aliphatic rings. The topological polar surface area (TPSA) is 51.2 Å². The van der Waals surface area contributed by atoms with Gasteiger partial charge in [-0.1, -0.05) is 24.7 Å². The molecule has 1 fully saturated rings. The van der Waals surface area contributed by atoms with Crippen molar-refractivity contribution in [1.82, 2.24) is 4.98 Å². The fraction of sp³-hybridized carbons (Fsp3) is 0.538. The summed E-state index contributed by atoms with van der Waals surface area (Å²) in [5, 5.41) is 3.32. The van der Waals surface area contributed by atoms with E-state index in [1.165, 1.54) is 26.4 Å². The zero-order valence-corrected chi connectivity index (χ0v) is 10.6. The van der Waals surface area contributed by atoms with E-state index in [0.29, 0.717) is 22.9 Å². The molecular weight excluding hydrogens is 227 g/mol. The molecule has 94 valence electrons. The number of carbonyl (C=O) groups excluding carboxylic acids is 1. The summed E-state index contributed by atoms with van der Waals surface area (Å²) in [6.07, 6.45) is 7.52. The first-order chi connectivity index (χ1) is 8.70. The molecule has 1 N–H and O–H groups in total. The number of ether oxygens (including phenoxy) is 1. The summed E-state index contributed by atoms with van der Waals surface area (Å²) < 4.78 is 4.75. The molecule has 5 heteroatoms. The summed E-state index contributed by atoms with van der Waals surface area (Å²) in [5.74, 6) is 0.163. The molecule has 2 radical (unpaired) electrons. The summed E-state index contributed by atoms with van der Waals surface area (Å²) in [5.41, 5.74) is 0.868. The smallest absolute Gasteiger partial charge is 0.341 e. The molecule has 0 bridgehead atoms. The number of nitrogens with zero attached hydrogens (tertiary/aromatic N) is 1. The van der Waals surface area contributed by atoms with E-state index < -0.39 is 5.97 Å². The Kier molecular flexibility index (Phi) is 4.23. The number of anilines is 1. The molecule has 18 heavy (non-hydrogen) atoms. The second kappa shape index (κ2) is 5.89. The van der Waals surface area contributed by atoms with Gasteiger partial charge in [-0.25, -0.2) is 9.78 Å². The molecule has 4 nitrogen and oxygen atoms in total. The predicted octanol–water partition coefficient (Wildman–Crippen LogP) is 1.41. The first-order valence-electron chi connectivity index (χ1n) is 6.31. The minimum Gasteiger partial charge on any atom is -0.465 e. The van der Waals surface area contributed by atoms with Gasteiger partial charge in [0, 0.05) is 12.2 Å². The molecule has 0 spiro atoms. The molecule has 2 rings (SSSR count). The lowest BCUT2D eigenvalue weighted by Crippen LogP contribution is -2.25. The summed E-state index contributed by atoms with van der Waals surface area (Å²) >= 11 is 0. The molecule has 0 unspecified atom stereocenters. The van der Waals surface area contributed by atoms with E-state index in [-0.39, 0.29) is 0 Å². The van der Waals surface area contributed by atoms with Crippen LogP contribution >= 0.6 is 0 Å². The lowest BCUT2D eigenvalue weighted by Gasteiger charge is -2.24. The van der Waals surface area contributed by atoms with Gasteiger partial charge in [-0.3, -0.25) is 0 Å². The highest BCUT2D eigenvalue weighted by molar-refractivity contribution is 6.32. The second-order valence-corrected chi connectivity index (χ2v) is 4.64. The van der Waals surface area contributed by atoms with Crippen molar-refractivity contribution in [2.45, 2.75) is 38.1 Å². The highest BCUT2D eigenvalue weighted by atomic mass is 16.5. The van der Waals surface area contributed by atoms with Crippen molar-refractivity contribution in [3.05, 3.63) is 17.8 Å². The third-order valence-electron chi connectivity index (χ3n) is 3.26. The van der Waals surface area contributed by atoms with E-state index in [2.05, 4.69) is 10.3 Å². The Morgan fingerprint density at radius 1 is 1.44 bits per heavy atom. The maximum Gasteiger partial charge on any atom is 0.341 e. The van der Waals surface area contributed by atoms with E-state index >= 15 is 0 Å². The fourth-order valence-corrected chi connectivity index (χ4v) is 2.30. The minimum atomic E-state index is -0.409. The Labute approximate surface area is 109 Å². The van der Waals surface area contributed by atoms with Crippen molar-refractivity contribution < 1.29 is 9.53 Å². The van der Waals surface area contributed by atoms with E-state index in [9.17, 15) is 4.79 Å². The number of rotatable bonds is 3. The third-order valence-corrected chi connectivity index (χ3v) is 3.26. The number of carbonyl (C=O) groups is 1. The Hall–Kier alpha value is -1.52. The fourth-order valence-electron chi connectivity index (χ4n) is 2.30. The van der Waals surface area contributed by atoms with Crippen molar-refractivity contribution >= 4 is 25.1 Å².